The van der Waals surface area contributed by atoms with Gasteiger partial charge in [0.1, 0.15) is 5.82 Å². The van der Waals surface area contributed by atoms with Crippen LogP contribution >= 0.6 is 11.8 Å². The first-order valence-corrected chi connectivity index (χ1v) is 7.62. The third-order valence-electron chi connectivity index (χ3n) is 3.29. The Balaban J connectivity index is 1.83. The fraction of sp³-hybridized carbons (Fsp3) is 0.0556. The molecule has 0 spiro atoms. The van der Waals surface area contributed by atoms with Crippen molar-refractivity contribution in [3.8, 4) is 0 Å². The Morgan fingerprint density at radius 3 is 2.48 bits per heavy atom. The maximum absolute atomic E-state index is 13.6. The Labute approximate surface area is 126 Å². The molecule has 3 aromatic carbocycles. The molecule has 0 atom stereocenters. The van der Waals surface area contributed by atoms with Gasteiger partial charge in [-0.05, 0) is 22.9 Å². The fourth-order valence-electron chi connectivity index (χ4n) is 2.25. The zero-order valence-corrected chi connectivity index (χ0v) is 12.1. The molecule has 3 rings (SSSR count). The van der Waals surface area contributed by atoms with Crippen LogP contribution in [0.15, 0.2) is 71.6 Å². The summed E-state index contributed by atoms with van der Waals surface area (Å²) in [6, 6.07) is 20.0. The van der Waals surface area contributed by atoms with Crippen LogP contribution in [0, 0.1) is 5.82 Å². The van der Waals surface area contributed by atoms with Crippen molar-refractivity contribution in [2.24, 2.45) is 0 Å². The van der Waals surface area contributed by atoms with E-state index in [1.165, 1.54) is 17.8 Å². The van der Waals surface area contributed by atoms with Crippen LogP contribution in [0.4, 0.5) is 4.39 Å². The van der Waals surface area contributed by atoms with Crippen molar-refractivity contribution in [3.05, 3.63) is 78.1 Å². The van der Waals surface area contributed by atoms with Crippen molar-refractivity contribution in [3.63, 3.8) is 0 Å². The fourth-order valence-corrected chi connectivity index (χ4v) is 3.07. The lowest BCUT2D eigenvalue weighted by Crippen LogP contribution is -2.03. The zero-order valence-electron chi connectivity index (χ0n) is 11.3. The Bertz CT molecular complexity index is 793. The molecule has 0 radical (unpaired) electrons. The molecule has 0 saturated carbocycles. The molecule has 3 aromatic rings. The molecule has 0 amide bonds. The van der Waals surface area contributed by atoms with E-state index < -0.39 is 0 Å². The number of rotatable bonds is 4. The molecule has 0 unspecified atom stereocenters. The van der Waals surface area contributed by atoms with Gasteiger partial charge in [-0.3, -0.25) is 4.79 Å². The molecule has 0 aliphatic rings. The number of fused-ring (bicyclic) bond motifs is 1. The monoisotopic (exact) mass is 296 g/mol. The number of carbonyl (C=O) groups excluding carboxylic acids is 1. The third-order valence-corrected chi connectivity index (χ3v) is 4.33. The van der Waals surface area contributed by atoms with Gasteiger partial charge in [-0.15, -0.1) is 11.8 Å². The van der Waals surface area contributed by atoms with Gasteiger partial charge >= 0.3 is 0 Å². The molecule has 21 heavy (non-hydrogen) atoms. The van der Waals surface area contributed by atoms with Gasteiger partial charge in [0.25, 0.3) is 0 Å². The molecule has 0 heterocycles. The highest BCUT2D eigenvalue weighted by molar-refractivity contribution is 8.00. The number of benzene rings is 3. The van der Waals surface area contributed by atoms with E-state index in [2.05, 4.69) is 0 Å². The van der Waals surface area contributed by atoms with Gasteiger partial charge in [0.15, 0.2) is 5.78 Å². The number of carbonyl (C=O) groups is 1. The summed E-state index contributed by atoms with van der Waals surface area (Å²) in [5.41, 5.74) is 0.692. The summed E-state index contributed by atoms with van der Waals surface area (Å²) in [5.74, 6) is -0.0390. The first-order valence-electron chi connectivity index (χ1n) is 6.64. The van der Waals surface area contributed by atoms with Crippen molar-refractivity contribution in [2.75, 3.05) is 5.75 Å². The van der Waals surface area contributed by atoms with Gasteiger partial charge < -0.3 is 0 Å². The lowest BCUT2D eigenvalue weighted by molar-refractivity contribution is 0.102. The van der Waals surface area contributed by atoms with E-state index in [1.54, 1.807) is 18.2 Å². The smallest absolute Gasteiger partial charge is 0.173 e. The predicted octanol–water partition coefficient (Wildman–Crippen LogP) is 4.95. The minimum absolute atomic E-state index is 0.0139. The lowest BCUT2D eigenvalue weighted by atomic mass is 10.0. The van der Waals surface area contributed by atoms with Crippen LogP contribution in [0.1, 0.15) is 10.4 Å². The Morgan fingerprint density at radius 2 is 1.62 bits per heavy atom. The second-order valence-electron chi connectivity index (χ2n) is 4.67. The normalized spacial score (nSPS) is 10.7. The molecule has 3 heteroatoms. The summed E-state index contributed by atoms with van der Waals surface area (Å²) in [7, 11) is 0. The average Bonchev–Trinajstić information content (AvgIpc) is 2.53. The van der Waals surface area contributed by atoms with Crippen molar-refractivity contribution in [1.29, 1.82) is 0 Å². The van der Waals surface area contributed by atoms with Gasteiger partial charge in [-0.1, -0.05) is 54.6 Å². The predicted molar refractivity (Wildman–Crippen MR) is 85.4 cm³/mol. The number of hydrogen-bond acceptors (Lipinski definition) is 2. The van der Waals surface area contributed by atoms with E-state index in [9.17, 15) is 9.18 Å². The second kappa shape index (κ2) is 6.10. The van der Waals surface area contributed by atoms with Gasteiger partial charge in [0.05, 0.1) is 5.75 Å². The Kier molecular flexibility index (Phi) is 4.02. The molecule has 104 valence electrons. The first kappa shape index (κ1) is 13.8. The summed E-state index contributed by atoms with van der Waals surface area (Å²) in [4.78, 5) is 12.9. The summed E-state index contributed by atoms with van der Waals surface area (Å²) in [6.07, 6.45) is 0. The number of Topliss-reactive ketones (excluding diaryl/α,β-unsaturated/α-hetero) is 1. The molecule has 0 bridgehead atoms. The third kappa shape index (κ3) is 2.98. The highest BCUT2D eigenvalue weighted by atomic mass is 32.2. The van der Waals surface area contributed by atoms with Crippen LogP contribution in [-0.2, 0) is 0 Å². The van der Waals surface area contributed by atoms with Crippen molar-refractivity contribution in [2.45, 2.75) is 4.90 Å². The standard InChI is InChI=1S/C18H13FOS/c19-16-10-3-4-11-18(16)21-12-17(20)15-9-5-7-13-6-1-2-8-14(13)15/h1-11H,12H2. The number of ketones is 1. The summed E-state index contributed by atoms with van der Waals surface area (Å²) in [6.45, 7) is 0. The quantitative estimate of drug-likeness (QED) is 0.500. The maximum atomic E-state index is 13.6. The zero-order chi connectivity index (χ0) is 14.7. The van der Waals surface area contributed by atoms with E-state index in [0.29, 0.717) is 10.5 Å². The number of thioether (sulfide) groups is 1. The van der Waals surface area contributed by atoms with Crippen LogP contribution in [0.25, 0.3) is 10.8 Å². The molecule has 0 aliphatic carbocycles. The minimum atomic E-state index is -0.284. The summed E-state index contributed by atoms with van der Waals surface area (Å²) >= 11 is 1.23. The first-order chi connectivity index (χ1) is 10.3. The van der Waals surface area contributed by atoms with Gasteiger partial charge in [-0.2, -0.15) is 0 Å². The summed E-state index contributed by atoms with van der Waals surface area (Å²) in [5, 5.41) is 1.98. The molecule has 0 aromatic heterocycles. The summed E-state index contributed by atoms with van der Waals surface area (Å²) < 4.78 is 13.6. The SMILES string of the molecule is O=C(CSc1ccccc1F)c1cccc2ccccc12. The van der Waals surface area contributed by atoms with Crippen molar-refractivity contribution in [1.82, 2.24) is 0 Å². The topological polar surface area (TPSA) is 17.1 Å². The molecule has 0 aliphatic heterocycles. The molecule has 0 fully saturated rings. The van der Waals surface area contributed by atoms with E-state index in [4.69, 9.17) is 0 Å². The van der Waals surface area contributed by atoms with Crippen molar-refractivity contribution >= 4 is 28.3 Å². The van der Waals surface area contributed by atoms with Crippen LogP contribution < -0.4 is 0 Å². The highest BCUT2D eigenvalue weighted by Crippen LogP contribution is 2.24. The van der Waals surface area contributed by atoms with Crippen LogP contribution in [-0.4, -0.2) is 11.5 Å². The van der Waals surface area contributed by atoms with Crippen LogP contribution in [0.5, 0.6) is 0 Å². The van der Waals surface area contributed by atoms with E-state index in [-0.39, 0.29) is 17.4 Å². The average molecular weight is 296 g/mol. The minimum Gasteiger partial charge on any atom is -0.293 e. The lowest BCUT2D eigenvalue weighted by Gasteiger charge is -2.06. The molecule has 0 saturated heterocycles. The second-order valence-corrected chi connectivity index (χ2v) is 5.69. The molecular formula is C18H13FOS. The molecule has 0 N–H and O–H groups in total. The van der Waals surface area contributed by atoms with E-state index >= 15 is 0 Å². The Morgan fingerprint density at radius 1 is 0.905 bits per heavy atom. The Hall–Kier alpha value is -2.13. The van der Waals surface area contributed by atoms with Crippen molar-refractivity contribution < 1.29 is 9.18 Å². The number of hydrogen-bond donors (Lipinski definition) is 0. The van der Waals surface area contributed by atoms with Gasteiger partial charge in [0, 0.05) is 10.5 Å². The van der Waals surface area contributed by atoms with Crippen LogP contribution in [0.3, 0.4) is 0 Å². The molecular weight excluding hydrogens is 283 g/mol. The largest absolute Gasteiger partial charge is 0.293 e. The maximum Gasteiger partial charge on any atom is 0.173 e. The van der Waals surface area contributed by atoms with E-state index in [0.717, 1.165) is 10.8 Å². The van der Waals surface area contributed by atoms with E-state index in [1.807, 2.05) is 42.5 Å². The van der Waals surface area contributed by atoms with Gasteiger partial charge in [-0.25, -0.2) is 4.39 Å². The molecule has 1 nitrogen and oxygen atoms in total. The van der Waals surface area contributed by atoms with Crippen LogP contribution in [0.2, 0.25) is 0 Å². The number of halogens is 1. The van der Waals surface area contributed by atoms with Gasteiger partial charge in [0.2, 0.25) is 0 Å². The highest BCUT2D eigenvalue weighted by Gasteiger charge is 2.11.